The van der Waals surface area contributed by atoms with Crippen LogP contribution in [-0.2, 0) is 16.0 Å². The van der Waals surface area contributed by atoms with Crippen molar-refractivity contribution in [3.8, 4) is 16.9 Å². The zero-order chi connectivity index (χ0) is 19.0. The predicted molar refractivity (Wildman–Crippen MR) is 103 cm³/mol. The van der Waals surface area contributed by atoms with E-state index in [2.05, 4.69) is 16.4 Å². The van der Waals surface area contributed by atoms with Gasteiger partial charge in [0, 0.05) is 55.5 Å². The van der Waals surface area contributed by atoms with Crippen LogP contribution < -0.4 is 15.0 Å². The van der Waals surface area contributed by atoms with Crippen LogP contribution in [0.2, 0.25) is 0 Å². The van der Waals surface area contributed by atoms with Gasteiger partial charge in [0.25, 0.3) is 0 Å². The number of ether oxygens (including phenoxy) is 1. The number of hydrogen-bond acceptors (Lipinski definition) is 4. The third kappa shape index (κ3) is 3.16. The van der Waals surface area contributed by atoms with Gasteiger partial charge in [0.1, 0.15) is 5.75 Å². The van der Waals surface area contributed by atoms with Crippen LogP contribution in [0.15, 0.2) is 30.6 Å². The number of amides is 2. The van der Waals surface area contributed by atoms with Crippen molar-refractivity contribution in [3.05, 3.63) is 41.7 Å². The van der Waals surface area contributed by atoms with Gasteiger partial charge in [-0.3, -0.25) is 14.6 Å². The monoisotopic (exact) mass is 365 g/mol. The van der Waals surface area contributed by atoms with E-state index in [9.17, 15) is 9.59 Å². The Kier molecular flexibility index (Phi) is 4.56. The van der Waals surface area contributed by atoms with Gasteiger partial charge in [-0.05, 0) is 29.7 Å². The van der Waals surface area contributed by atoms with Gasteiger partial charge in [0.05, 0.1) is 12.6 Å². The Morgan fingerprint density at radius 3 is 3.00 bits per heavy atom. The van der Waals surface area contributed by atoms with Crippen LogP contribution in [0.1, 0.15) is 43.4 Å². The van der Waals surface area contributed by atoms with Gasteiger partial charge in [-0.2, -0.15) is 0 Å². The highest BCUT2D eigenvalue weighted by atomic mass is 16.5. The van der Waals surface area contributed by atoms with Gasteiger partial charge in [-0.1, -0.05) is 13.0 Å². The summed E-state index contributed by atoms with van der Waals surface area (Å²) in [6.45, 7) is 2.40. The molecule has 140 valence electrons. The average Bonchev–Trinajstić information content (AvgIpc) is 2.70. The van der Waals surface area contributed by atoms with E-state index in [0.717, 1.165) is 46.5 Å². The van der Waals surface area contributed by atoms with Crippen LogP contribution in [-0.4, -0.2) is 30.5 Å². The molecule has 27 heavy (non-hydrogen) atoms. The van der Waals surface area contributed by atoms with Crippen LogP contribution in [0.4, 0.5) is 5.69 Å². The first-order valence-electron chi connectivity index (χ1n) is 9.38. The van der Waals surface area contributed by atoms with Crippen molar-refractivity contribution in [1.82, 2.24) is 10.3 Å². The summed E-state index contributed by atoms with van der Waals surface area (Å²) in [4.78, 5) is 29.9. The topological polar surface area (TPSA) is 71.5 Å². The second-order valence-electron chi connectivity index (χ2n) is 7.01. The van der Waals surface area contributed by atoms with E-state index >= 15 is 0 Å². The molecule has 1 atom stereocenters. The van der Waals surface area contributed by atoms with Crippen molar-refractivity contribution in [3.63, 3.8) is 0 Å². The zero-order valence-electron chi connectivity index (χ0n) is 15.6. The molecule has 0 unspecified atom stereocenters. The van der Waals surface area contributed by atoms with Crippen LogP contribution in [0.5, 0.6) is 5.75 Å². The predicted octanol–water partition coefficient (Wildman–Crippen LogP) is 3.01. The van der Waals surface area contributed by atoms with E-state index in [1.54, 1.807) is 11.1 Å². The Morgan fingerprint density at radius 1 is 1.33 bits per heavy atom. The number of aryl methyl sites for hydroxylation is 1. The normalized spacial score (nSPS) is 18.4. The molecule has 2 amide bonds. The number of fused-ring (bicyclic) bond motifs is 2. The minimum atomic E-state index is -0.0740. The largest absolute Gasteiger partial charge is 0.492 e. The molecule has 0 radical (unpaired) electrons. The Hall–Kier alpha value is -2.89. The molecule has 6 nitrogen and oxygen atoms in total. The van der Waals surface area contributed by atoms with Crippen molar-refractivity contribution < 1.29 is 14.3 Å². The maximum atomic E-state index is 11.9. The minimum absolute atomic E-state index is 0.0275. The summed E-state index contributed by atoms with van der Waals surface area (Å²) in [6.07, 6.45) is 6.05. The van der Waals surface area contributed by atoms with Crippen LogP contribution in [0.3, 0.4) is 0 Å². The van der Waals surface area contributed by atoms with Crippen LogP contribution in [0, 0.1) is 0 Å². The van der Waals surface area contributed by atoms with Crippen LogP contribution in [0.25, 0.3) is 11.1 Å². The molecule has 3 heterocycles. The number of hydrogen-bond donors (Lipinski definition) is 1. The van der Waals surface area contributed by atoms with Gasteiger partial charge in [0.2, 0.25) is 11.8 Å². The molecule has 1 N–H and O–H groups in total. The molecule has 0 fully saturated rings. The highest BCUT2D eigenvalue weighted by Gasteiger charge is 2.27. The van der Waals surface area contributed by atoms with Gasteiger partial charge in [-0.25, -0.2) is 0 Å². The summed E-state index contributed by atoms with van der Waals surface area (Å²) in [7, 11) is 1.82. The lowest BCUT2D eigenvalue weighted by atomic mass is 9.93. The number of rotatable bonds is 3. The highest BCUT2D eigenvalue weighted by Crippen LogP contribution is 2.41. The SMILES string of the molecule is CCC(=O)N[C@@H]1CCOc2c(-c3ccc4c(c3)CCC(=O)N4C)cncc21. The Labute approximate surface area is 158 Å². The molecular weight excluding hydrogens is 342 g/mol. The number of benzene rings is 1. The van der Waals surface area contributed by atoms with E-state index < -0.39 is 0 Å². The average molecular weight is 365 g/mol. The standard InChI is InChI=1S/C21H23N3O3/c1-3-19(25)23-17-8-9-27-21-15(11-22-12-16(17)21)13-4-6-18-14(10-13)5-7-20(26)24(18)2/h4,6,10-12,17H,3,5,7-9H2,1-2H3,(H,23,25)/t17-/m1/s1. The zero-order valence-corrected chi connectivity index (χ0v) is 15.6. The first-order valence-corrected chi connectivity index (χ1v) is 9.38. The molecular formula is C21H23N3O3. The number of pyridine rings is 1. The van der Waals surface area contributed by atoms with Crippen molar-refractivity contribution in [2.45, 2.75) is 38.6 Å². The van der Waals surface area contributed by atoms with Gasteiger partial charge >= 0.3 is 0 Å². The van der Waals surface area contributed by atoms with Crippen molar-refractivity contribution in [2.24, 2.45) is 0 Å². The summed E-state index contributed by atoms with van der Waals surface area (Å²) >= 11 is 0. The lowest BCUT2D eigenvalue weighted by Crippen LogP contribution is -2.32. The van der Waals surface area contributed by atoms with E-state index in [-0.39, 0.29) is 17.9 Å². The molecule has 0 bridgehead atoms. The third-order valence-electron chi connectivity index (χ3n) is 5.34. The van der Waals surface area contributed by atoms with E-state index in [4.69, 9.17) is 4.74 Å². The molecule has 1 aromatic carbocycles. The number of nitrogens with one attached hydrogen (secondary N) is 1. The van der Waals surface area contributed by atoms with E-state index in [1.807, 2.05) is 32.3 Å². The first-order chi connectivity index (χ1) is 13.1. The molecule has 2 aromatic rings. The first kappa shape index (κ1) is 17.5. The second-order valence-corrected chi connectivity index (χ2v) is 7.01. The Balaban J connectivity index is 1.73. The maximum absolute atomic E-state index is 11.9. The van der Waals surface area contributed by atoms with Crippen molar-refractivity contribution >= 4 is 17.5 Å². The highest BCUT2D eigenvalue weighted by molar-refractivity contribution is 5.96. The smallest absolute Gasteiger partial charge is 0.227 e. The van der Waals surface area contributed by atoms with Crippen LogP contribution >= 0.6 is 0 Å². The Morgan fingerprint density at radius 2 is 2.19 bits per heavy atom. The molecule has 0 saturated carbocycles. The molecule has 2 aliphatic heterocycles. The lowest BCUT2D eigenvalue weighted by molar-refractivity contribution is -0.121. The summed E-state index contributed by atoms with van der Waals surface area (Å²) in [5, 5.41) is 3.06. The Bertz CT molecular complexity index is 910. The molecule has 4 rings (SSSR count). The molecule has 6 heteroatoms. The van der Waals surface area contributed by atoms with Gasteiger partial charge in [0.15, 0.2) is 0 Å². The number of carbonyl (C=O) groups is 2. The maximum Gasteiger partial charge on any atom is 0.227 e. The van der Waals surface area contributed by atoms with Gasteiger partial charge < -0.3 is 15.0 Å². The number of carbonyl (C=O) groups excluding carboxylic acids is 2. The molecule has 1 aromatic heterocycles. The summed E-state index contributed by atoms with van der Waals surface area (Å²) in [6, 6.07) is 6.03. The lowest BCUT2D eigenvalue weighted by Gasteiger charge is -2.29. The summed E-state index contributed by atoms with van der Waals surface area (Å²) in [5.74, 6) is 0.962. The molecule has 0 saturated heterocycles. The third-order valence-corrected chi connectivity index (χ3v) is 5.34. The molecule has 0 aliphatic carbocycles. The fraction of sp³-hybridized carbons (Fsp3) is 0.381. The minimum Gasteiger partial charge on any atom is -0.492 e. The quantitative estimate of drug-likeness (QED) is 0.908. The number of aromatic nitrogens is 1. The summed E-state index contributed by atoms with van der Waals surface area (Å²) in [5.41, 5.74) is 4.97. The van der Waals surface area contributed by atoms with Crippen molar-refractivity contribution in [2.75, 3.05) is 18.6 Å². The van der Waals surface area contributed by atoms with E-state index in [1.165, 1.54) is 0 Å². The van der Waals surface area contributed by atoms with Gasteiger partial charge in [-0.15, -0.1) is 0 Å². The second kappa shape index (κ2) is 7.02. The molecule has 0 spiro atoms. The molecule has 2 aliphatic rings. The fourth-order valence-electron chi connectivity index (χ4n) is 3.78. The number of nitrogens with zero attached hydrogens (tertiary/aromatic N) is 2. The fourth-order valence-corrected chi connectivity index (χ4v) is 3.78. The number of anilines is 1. The van der Waals surface area contributed by atoms with Crippen molar-refractivity contribution in [1.29, 1.82) is 0 Å². The summed E-state index contributed by atoms with van der Waals surface area (Å²) < 4.78 is 5.98. The van der Waals surface area contributed by atoms with E-state index in [0.29, 0.717) is 19.4 Å².